The van der Waals surface area contributed by atoms with E-state index in [9.17, 15) is 35.9 Å². The van der Waals surface area contributed by atoms with Crippen LogP contribution in [0.1, 0.15) is 31.4 Å². The van der Waals surface area contributed by atoms with E-state index >= 15 is 0 Å². The standard InChI is InChI=1S/2C13H7F3N3.C5H8O2.Ir/c2*14-13(15,16)9-5-1-4-8-12(9)19-17-10-6-2-3-7-11(10)18-19;1-4(6)3-5(2)7;/h2*1-7H;3H2,1-2H3;/q2*-1;;+3. The summed E-state index contributed by atoms with van der Waals surface area (Å²) in [4.78, 5) is 22.0. The van der Waals surface area contributed by atoms with Crippen molar-refractivity contribution in [2.75, 3.05) is 0 Å². The van der Waals surface area contributed by atoms with Crippen molar-refractivity contribution in [1.82, 2.24) is 30.0 Å². The molecule has 0 aliphatic rings. The van der Waals surface area contributed by atoms with Crippen molar-refractivity contribution in [3.05, 3.63) is 108 Å². The van der Waals surface area contributed by atoms with Crippen LogP contribution in [-0.4, -0.2) is 41.6 Å². The summed E-state index contributed by atoms with van der Waals surface area (Å²) in [6.07, 6.45) is -8.85. The van der Waals surface area contributed by atoms with E-state index in [-0.39, 0.29) is 49.5 Å². The molecule has 0 N–H and O–H groups in total. The largest absolute Gasteiger partial charge is 3.00 e. The van der Waals surface area contributed by atoms with E-state index in [4.69, 9.17) is 0 Å². The molecule has 0 saturated heterocycles. The molecule has 0 atom stereocenters. The van der Waals surface area contributed by atoms with E-state index < -0.39 is 23.5 Å². The van der Waals surface area contributed by atoms with Gasteiger partial charge in [-0.2, -0.15) is 105 Å². The minimum absolute atomic E-state index is 0. The molecule has 0 aliphatic heterocycles. The fourth-order valence-electron chi connectivity index (χ4n) is 3.91. The van der Waals surface area contributed by atoms with E-state index in [1.54, 1.807) is 48.5 Å². The number of hydrogen-bond acceptors (Lipinski definition) is 6. The summed E-state index contributed by atoms with van der Waals surface area (Å²) in [5, 5.41) is 16.1. The van der Waals surface area contributed by atoms with Gasteiger partial charge in [-0.1, -0.05) is 24.3 Å². The molecule has 6 rings (SSSR count). The van der Waals surface area contributed by atoms with E-state index in [1.807, 2.05) is 0 Å². The van der Waals surface area contributed by atoms with Crippen LogP contribution in [0.25, 0.3) is 33.4 Å². The molecular weight excluding hydrogens is 795 g/mol. The quantitative estimate of drug-likeness (QED) is 0.108. The van der Waals surface area contributed by atoms with Crippen LogP contribution in [0, 0.1) is 12.1 Å². The third-order valence-corrected chi connectivity index (χ3v) is 5.75. The maximum atomic E-state index is 12.9. The van der Waals surface area contributed by atoms with E-state index in [0.717, 1.165) is 21.7 Å². The molecule has 15 heteroatoms. The number of ketones is 2. The normalized spacial score (nSPS) is 11.1. The number of aromatic nitrogens is 6. The molecule has 0 saturated carbocycles. The molecule has 238 valence electrons. The molecule has 0 fully saturated rings. The van der Waals surface area contributed by atoms with Crippen molar-refractivity contribution in [3.8, 4) is 11.4 Å². The molecule has 46 heavy (non-hydrogen) atoms. The average Bonchev–Trinajstić information content (AvgIpc) is 3.61. The number of halogens is 6. The van der Waals surface area contributed by atoms with Crippen molar-refractivity contribution in [3.63, 3.8) is 0 Å². The first-order chi connectivity index (χ1) is 21.2. The molecular formula is C31H22F6IrN6O2+. The number of alkyl halides is 6. The zero-order valence-corrected chi connectivity index (χ0v) is 26.3. The minimum atomic E-state index is -4.47. The second-order valence-electron chi connectivity index (χ2n) is 9.40. The van der Waals surface area contributed by atoms with Gasteiger partial charge in [-0.3, -0.25) is 9.59 Å². The Morgan fingerprint density at radius 1 is 0.587 bits per heavy atom. The maximum Gasteiger partial charge on any atom is 3.00 e. The molecule has 2 aromatic heterocycles. The van der Waals surface area contributed by atoms with Crippen molar-refractivity contribution < 1.29 is 56.0 Å². The van der Waals surface area contributed by atoms with E-state index in [2.05, 4.69) is 32.5 Å². The Hall–Kier alpha value is -4.75. The van der Waals surface area contributed by atoms with Gasteiger partial charge in [-0.05, 0) is 60.6 Å². The van der Waals surface area contributed by atoms with Gasteiger partial charge in [0, 0.05) is 0 Å². The number of benzene rings is 4. The summed E-state index contributed by atoms with van der Waals surface area (Å²) >= 11 is 0. The number of carbonyl (C=O) groups excluding carboxylic acids is 2. The third kappa shape index (κ3) is 9.14. The van der Waals surface area contributed by atoms with E-state index in [0.29, 0.717) is 22.1 Å². The van der Waals surface area contributed by atoms with E-state index in [1.165, 1.54) is 38.1 Å². The van der Waals surface area contributed by atoms with Crippen LogP contribution in [-0.2, 0) is 42.0 Å². The Morgan fingerprint density at radius 3 is 1.13 bits per heavy atom. The van der Waals surface area contributed by atoms with Gasteiger partial charge >= 0.3 is 32.5 Å². The van der Waals surface area contributed by atoms with Crippen LogP contribution < -0.4 is 0 Å². The second-order valence-corrected chi connectivity index (χ2v) is 9.40. The molecule has 2 heterocycles. The number of hydrogen-bond donors (Lipinski definition) is 0. The van der Waals surface area contributed by atoms with Crippen molar-refractivity contribution in [2.24, 2.45) is 0 Å². The van der Waals surface area contributed by atoms with Gasteiger partial charge in [0.15, 0.2) is 0 Å². The van der Waals surface area contributed by atoms with Crippen molar-refractivity contribution in [1.29, 1.82) is 0 Å². The Balaban J connectivity index is 0.000000205. The molecule has 0 bridgehead atoms. The van der Waals surface area contributed by atoms with Crippen molar-refractivity contribution in [2.45, 2.75) is 32.6 Å². The number of nitrogens with zero attached hydrogens (tertiary/aromatic N) is 6. The van der Waals surface area contributed by atoms with Gasteiger partial charge in [-0.25, -0.2) is 0 Å². The predicted molar refractivity (Wildman–Crippen MR) is 151 cm³/mol. The molecule has 0 amide bonds. The van der Waals surface area contributed by atoms with Crippen LogP contribution in [0.5, 0.6) is 0 Å². The third-order valence-electron chi connectivity index (χ3n) is 5.75. The van der Waals surface area contributed by atoms with Gasteiger partial charge in [-0.15, -0.1) is 0 Å². The summed E-state index contributed by atoms with van der Waals surface area (Å²) in [6, 6.07) is 26.2. The summed E-state index contributed by atoms with van der Waals surface area (Å²) in [7, 11) is 0. The first-order valence-corrected chi connectivity index (χ1v) is 13.0. The topological polar surface area (TPSA) is 95.6 Å². The maximum absolute atomic E-state index is 12.9. The Kier molecular flexibility index (Phi) is 11.7. The van der Waals surface area contributed by atoms with Crippen LogP contribution >= 0.6 is 0 Å². The number of fused-ring (bicyclic) bond motifs is 2. The average molecular weight is 817 g/mol. The van der Waals surface area contributed by atoms with Crippen LogP contribution in [0.15, 0.2) is 84.9 Å². The fraction of sp³-hybridized carbons (Fsp3) is 0.161. The molecule has 0 aliphatic carbocycles. The van der Waals surface area contributed by atoms with Crippen molar-refractivity contribution >= 4 is 33.6 Å². The first kappa shape index (κ1) is 35.7. The monoisotopic (exact) mass is 817 g/mol. The number of carbonyl (C=O) groups is 2. The van der Waals surface area contributed by atoms with Gasteiger partial charge in [0.1, 0.15) is 33.6 Å². The van der Waals surface area contributed by atoms with Crippen LogP contribution in [0.3, 0.4) is 0 Å². The fourth-order valence-corrected chi connectivity index (χ4v) is 3.91. The first-order valence-electron chi connectivity index (χ1n) is 13.0. The summed E-state index contributed by atoms with van der Waals surface area (Å²) < 4.78 is 77.4. The minimum Gasteiger partial charge on any atom is -0.300 e. The number of rotatable bonds is 4. The Morgan fingerprint density at radius 2 is 0.891 bits per heavy atom. The molecule has 0 radical (unpaired) electrons. The Bertz CT molecular complexity index is 1750. The summed E-state index contributed by atoms with van der Waals surface area (Å²) in [6.45, 7) is 2.81. The summed E-state index contributed by atoms with van der Waals surface area (Å²) in [5.41, 5.74) is 0.115. The number of Topliss-reactive ketones (excluding diaryl/α,β-unsaturated/α-hetero) is 2. The predicted octanol–water partition coefficient (Wildman–Crippen LogP) is 7.03. The van der Waals surface area contributed by atoms with Gasteiger partial charge in [0.05, 0.1) is 6.42 Å². The number of para-hydroxylation sites is 2. The SMILES string of the molecule is CC(=O)CC(C)=O.FC(F)(F)c1ccc[c-]c1-n1nc2ccccc2n1.FC(F)(F)c1ccc[c-]c1-n1nc2ccccc2n1.[Ir+3]. The van der Waals surface area contributed by atoms with Gasteiger partial charge < -0.3 is 0 Å². The second kappa shape index (κ2) is 15.0. The van der Waals surface area contributed by atoms with Crippen LogP contribution in [0.4, 0.5) is 26.3 Å². The van der Waals surface area contributed by atoms with Gasteiger partial charge in [0.25, 0.3) is 0 Å². The summed E-state index contributed by atoms with van der Waals surface area (Å²) in [5.74, 6) is -0.125. The molecule has 0 spiro atoms. The molecule has 8 nitrogen and oxygen atoms in total. The molecule has 6 aromatic rings. The molecule has 0 unspecified atom stereocenters. The zero-order valence-electron chi connectivity index (χ0n) is 23.9. The molecule has 4 aromatic carbocycles. The van der Waals surface area contributed by atoms with Gasteiger partial charge in [0.2, 0.25) is 0 Å². The smallest absolute Gasteiger partial charge is 0.300 e. The Labute approximate surface area is 271 Å². The van der Waals surface area contributed by atoms with Crippen LogP contribution in [0.2, 0.25) is 0 Å². The zero-order chi connectivity index (χ0) is 32.8.